The topological polar surface area (TPSA) is 65.4 Å². The Morgan fingerprint density at radius 2 is 1.71 bits per heavy atom. The zero-order valence-electron chi connectivity index (χ0n) is 18.5. The lowest BCUT2D eigenvalue weighted by Crippen LogP contribution is -2.56. The lowest BCUT2D eigenvalue weighted by molar-refractivity contribution is -0.0727. The Morgan fingerprint density at radius 1 is 1.10 bits per heavy atom. The number of ether oxygens (including phenoxy) is 2. The number of hydrogen-bond donors (Lipinski definition) is 1. The highest BCUT2D eigenvalue weighted by atomic mass is 16.5. The minimum Gasteiger partial charge on any atom is -0.497 e. The summed E-state index contributed by atoms with van der Waals surface area (Å²) in [5, 5.41) is 7.82. The molecule has 6 rings (SSSR count). The summed E-state index contributed by atoms with van der Waals surface area (Å²) >= 11 is 0. The summed E-state index contributed by atoms with van der Waals surface area (Å²) in [7, 11) is 1.64. The molecule has 4 fully saturated rings. The molecule has 1 unspecified atom stereocenters. The first-order chi connectivity index (χ1) is 15.1. The lowest BCUT2D eigenvalue weighted by atomic mass is 9.47. The maximum Gasteiger partial charge on any atom is 0.272 e. The Balaban J connectivity index is 1.21. The summed E-state index contributed by atoms with van der Waals surface area (Å²) in [4.78, 5) is 13.0. The first kappa shape index (κ1) is 20.4. The first-order valence-electron chi connectivity index (χ1n) is 11.7. The molecule has 4 saturated carbocycles. The molecule has 6 heteroatoms. The Kier molecular flexibility index (Phi) is 5.40. The third kappa shape index (κ3) is 4.04. The van der Waals surface area contributed by atoms with E-state index in [1.807, 2.05) is 24.3 Å². The van der Waals surface area contributed by atoms with Gasteiger partial charge < -0.3 is 14.8 Å². The van der Waals surface area contributed by atoms with E-state index >= 15 is 0 Å². The number of nitrogens with one attached hydrogen (secondary N) is 1. The van der Waals surface area contributed by atoms with Gasteiger partial charge in [0.1, 0.15) is 17.2 Å². The smallest absolute Gasteiger partial charge is 0.272 e. The molecule has 2 aromatic rings. The summed E-state index contributed by atoms with van der Waals surface area (Å²) in [5.41, 5.74) is 0.764. The Labute approximate surface area is 184 Å². The van der Waals surface area contributed by atoms with Crippen LogP contribution in [0.5, 0.6) is 11.5 Å². The van der Waals surface area contributed by atoms with Crippen LogP contribution in [0.15, 0.2) is 36.5 Å². The fraction of sp³-hybridized carbons (Fsp3) is 0.600. The number of methoxy groups -OCH3 is 1. The molecule has 4 aliphatic carbocycles. The van der Waals surface area contributed by atoms with Crippen LogP contribution in [-0.4, -0.2) is 28.8 Å². The third-order valence-corrected chi connectivity index (χ3v) is 7.83. The monoisotopic (exact) mass is 423 g/mol. The number of amides is 1. The molecule has 6 nitrogen and oxygen atoms in total. The molecule has 31 heavy (non-hydrogen) atoms. The summed E-state index contributed by atoms with van der Waals surface area (Å²) < 4.78 is 12.6. The van der Waals surface area contributed by atoms with E-state index in [2.05, 4.69) is 17.3 Å². The standard InChI is InChI=1S/C25H33N3O3/c1-3-23(25-13-17-10-18(14-25)12-19(11-17)15-25)26-24(29)22-8-9-28(27-22)16-31-21-6-4-20(30-2)5-7-21/h4-9,17-19,23H,3,10-16H2,1-2H3,(H,26,29). The number of carbonyl (C=O) groups excluding carboxylic acids is 1. The number of benzene rings is 1. The van der Waals surface area contributed by atoms with Crippen molar-refractivity contribution in [2.75, 3.05) is 7.11 Å². The quantitative estimate of drug-likeness (QED) is 0.671. The van der Waals surface area contributed by atoms with Gasteiger partial charge in [-0.25, -0.2) is 4.68 Å². The van der Waals surface area contributed by atoms with E-state index in [0.29, 0.717) is 11.1 Å². The molecule has 1 aromatic carbocycles. The maximum absolute atomic E-state index is 13.0. The molecule has 166 valence electrons. The van der Waals surface area contributed by atoms with Crippen molar-refractivity contribution in [1.29, 1.82) is 0 Å². The molecular formula is C25H33N3O3. The van der Waals surface area contributed by atoms with Crippen LogP contribution in [0.1, 0.15) is 62.4 Å². The van der Waals surface area contributed by atoms with E-state index < -0.39 is 0 Å². The van der Waals surface area contributed by atoms with Crippen molar-refractivity contribution in [1.82, 2.24) is 15.1 Å². The van der Waals surface area contributed by atoms with Gasteiger partial charge in [0.05, 0.1) is 7.11 Å². The largest absolute Gasteiger partial charge is 0.497 e. The van der Waals surface area contributed by atoms with Gasteiger partial charge in [-0.2, -0.15) is 5.10 Å². The zero-order chi connectivity index (χ0) is 21.4. The Bertz CT molecular complexity index is 885. The zero-order valence-corrected chi connectivity index (χ0v) is 18.5. The first-order valence-corrected chi connectivity index (χ1v) is 11.7. The maximum atomic E-state index is 13.0. The number of nitrogens with zero attached hydrogens (tertiary/aromatic N) is 2. The normalized spacial score (nSPS) is 29.5. The van der Waals surface area contributed by atoms with E-state index in [-0.39, 0.29) is 18.7 Å². The predicted molar refractivity (Wildman–Crippen MR) is 118 cm³/mol. The van der Waals surface area contributed by atoms with Crippen molar-refractivity contribution in [3.63, 3.8) is 0 Å². The van der Waals surface area contributed by atoms with Crippen molar-refractivity contribution >= 4 is 5.91 Å². The predicted octanol–water partition coefficient (Wildman–Crippen LogP) is 4.65. The van der Waals surface area contributed by atoms with Gasteiger partial charge in [-0.15, -0.1) is 0 Å². The second kappa shape index (κ2) is 8.21. The second-order valence-electron chi connectivity index (χ2n) is 9.90. The molecule has 4 bridgehead atoms. The number of hydrogen-bond acceptors (Lipinski definition) is 4. The third-order valence-electron chi connectivity index (χ3n) is 7.83. The van der Waals surface area contributed by atoms with Crippen LogP contribution in [0.2, 0.25) is 0 Å². The lowest BCUT2D eigenvalue weighted by Gasteiger charge is -2.59. The van der Waals surface area contributed by atoms with Gasteiger partial charge in [-0.3, -0.25) is 4.79 Å². The van der Waals surface area contributed by atoms with Crippen LogP contribution in [0.25, 0.3) is 0 Å². The van der Waals surface area contributed by atoms with Crippen LogP contribution in [-0.2, 0) is 6.73 Å². The Morgan fingerprint density at radius 3 is 2.29 bits per heavy atom. The second-order valence-corrected chi connectivity index (χ2v) is 9.90. The SMILES string of the molecule is CCC(NC(=O)c1ccn(COc2ccc(OC)cc2)n1)C12CC3CC(CC(C3)C1)C2. The van der Waals surface area contributed by atoms with E-state index in [4.69, 9.17) is 9.47 Å². The van der Waals surface area contributed by atoms with Crippen LogP contribution in [0.3, 0.4) is 0 Å². The van der Waals surface area contributed by atoms with Crippen molar-refractivity contribution in [2.45, 2.75) is 64.6 Å². The summed E-state index contributed by atoms with van der Waals surface area (Å²) in [6, 6.07) is 9.44. The van der Waals surface area contributed by atoms with E-state index in [0.717, 1.165) is 35.7 Å². The van der Waals surface area contributed by atoms with E-state index in [9.17, 15) is 4.79 Å². The van der Waals surface area contributed by atoms with E-state index in [1.165, 1.54) is 38.5 Å². The molecule has 1 N–H and O–H groups in total. The average Bonchev–Trinajstić information content (AvgIpc) is 3.24. The summed E-state index contributed by atoms with van der Waals surface area (Å²) in [6.45, 7) is 2.47. The van der Waals surface area contributed by atoms with Crippen molar-refractivity contribution < 1.29 is 14.3 Å². The molecule has 0 aliphatic heterocycles. The molecule has 0 radical (unpaired) electrons. The fourth-order valence-corrected chi connectivity index (χ4v) is 6.89. The van der Waals surface area contributed by atoms with Gasteiger partial charge in [-0.1, -0.05) is 6.92 Å². The van der Waals surface area contributed by atoms with Crippen molar-refractivity contribution in [3.8, 4) is 11.5 Å². The van der Waals surface area contributed by atoms with Crippen LogP contribution in [0.4, 0.5) is 0 Å². The molecule has 1 atom stereocenters. The molecular weight excluding hydrogens is 390 g/mol. The van der Waals surface area contributed by atoms with Crippen LogP contribution in [0, 0.1) is 23.2 Å². The van der Waals surface area contributed by atoms with E-state index in [1.54, 1.807) is 24.1 Å². The Hall–Kier alpha value is -2.50. The summed E-state index contributed by atoms with van der Waals surface area (Å²) in [5.74, 6) is 4.10. The van der Waals surface area contributed by atoms with Gasteiger partial charge >= 0.3 is 0 Å². The average molecular weight is 424 g/mol. The minimum absolute atomic E-state index is 0.0641. The molecule has 4 aliphatic rings. The highest BCUT2D eigenvalue weighted by Gasteiger charge is 2.54. The summed E-state index contributed by atoms with van der Waals surface area (Å²) in [6.07, 6.45) is 10.9. The van der Waals surface area contributed by atoms with Gasteiger partial charge in [0.2, 0.25) is 0 Å². The number of carbonyl (C=O) groups is 1. The highest BCUT2D eigenvalue weighted by Crippen LogP contribution is 2.61. The number of rotatable bonds is 8. The van der Waals surface area contributed by atoms with Gasteiger partial charge in [0.25, 0.3) is 5.91 Å². The molecule has 1 amide bonds. The van der Waals surface area contributed by atoms with Gasteiger partial charge in [-0.05, 0) is 98.4 Å². The van der Waals surface area contributed by atoms with Crippen LogP contribution >= 0.6 is 0 Å². The number of aromatic nitrogens is 2. The molecule has 0 saturated heterocycles. The van der Waals surface area contributed by atoms with Crippen LogP contribution < -0.4 is 14.8 Å². The van der Waals surface area contributed by atoms with Crippen molar-refractivity contribution in [3.05, 3.63) is 42.2 Å². The highest BCUT2D eigenvalue weighted by molar-refractivity contribution is 5.92. The minimum atomic E-state index is -0.0641. The molecule has 1 heterocycles. The fourth-order valence-electron chi connectivity index (χ4n) is 6.89. The van der Waals surface area contributed by atoms with Gasteiger partial charge in [0.15, 0.2) is 6.73 Å². The molecule has 1 aromatic heterocycles. The van der Waals surface area contributed by atoms with Gasteiger partial charge in [0, 0.05) is 12.2 Å². The molecule has 0 spiro atoms. The van der Waals surface area contributed by atoms with Crippen molar-refractivity contribution in [2.24, 2.45) is 23.2 Å².